The summed E-state index contributed by atoms with van der Waals surface area (Å²) in [5.74, 6) is -3.54. The summed E-state index contributed by atoms with van der Waals surface area (Å²) in [5, 5.41) is 12.5. The molecule has 1 heterocycles. The SMILES string of the molecule is COc1ccc(C(=C(C)OC(=O)[C@H](C)NC(=O)c2nccc(OC)c2O)c2ccc(OC)c(F)c2)cc1F. The van der Waals surface area contributed by atoms with E-state index < -0.39 is 35.3 Å². The first kappa shape index (κ1) is 27.9. The molecule has 0 saturated heterocycles. The zero-order chi connectivity index (χ0) is 28.0. The van der Waals surface area contributed by atoms with E-state index in [0.29, 0.717) is 0 Å². The summed E-state index contributed by atoms with van der Waals surface area (Å²) in [5.41, 5.74) is 0.423. The van der Waals surface area contributed by atoms with E-state index in [1.165, 1.54) is 71.7 Å². The molecule has 2 N–H and O–H groups in total. The Morgan fingerprint density at radius 3 is 1.89 bits per heavy atom. The first-order valence-electron chi connectivity index (χ1n) is 11.2. The van der Waals surface area contributed by atoms with E-state index in [2.05, 4.69) is 10.3 Å². The van der Waals surface area contributed by atoms with Gasteiger partial charge in [-0.1, -0.05) is 12.1 Å². The highest BCUT2D eigenvalue weighted by Gasteiger charge is 2.24. The number of carbonyl (C=O) groups excluding carboxylic acids is 2. The molecule has 1 amide bonds. The third-order valence-corrected chi connectivity index (χ3v) is 5.51. The molecule has 0 aliphatic rings. The first-order valence-corrected chi connectivity index (χ1v) is 11.2. The van der Waals surface area contributed by atoms with Crippen LogP contribution in [0.4, 0.5) is 8.78 Å². The van der Waals surface area contributed by atoms with E-state index in [9.17, 15) is 23.5 Å². The van der Waals surface area contributed by atoms with Crippen molar-refractivity contribution in [2.24, 2.45) is 0 Å². The third kappa shape index (κ3) is 6.00. The van der Waals surface area contributed by atoms with Crippen LogP contribution in [0.5, 0.6) is 23.0 Å². The molecule has 1 atom stereocenters. The number of rotatable bonds is 9. The van der Waals surface area contributed by atoms with Crippen LogP contribution in [-0.2, 0) is 9.53 Å². The quantitative estimate of drug-likeness (QED) is 0.313. The Bertz CT molecular complexity index is 1340. The Morgan fingerprint density at radius 1 is 0.895 bits per heavy atom. The first-order chi connectivity index (χ1) is 18.1. The van der Waals surface area contributed by atoms with Crippen LogP contribution < -0.4 is 19.5 Å². The van der Waals surface area contributed by atoms with E-state index in [1.54, 1.807) is 0 Å². The van der Waals surface area contributed by atoms with Crippen molar-refractivity contribution in [2.45, 2.75) is 19.9 Å². The monoisotopic (exact) mass is 528 g/mol. The largest absolute Gasteiger partial charge is 0.503 e. The van der Waals surface area contributed by atoms with Crippen molar-refractivity contribution in [3.63, 3.8) is 0 Å². The molecule has 0 bridgehead atoms. The van der Waals surface area contributed by atoms with Crippen LogP contribution in [0, 0.1) is 11.6 Å². The van der Waals surface area contributed by atoms with Crippen molar-refractivity contribution < 1.29 is 42.4 Å². The molecular formula is C27H26F2N2O7. The summed E-state index contributed by atoms with van der Waals surface area (Å²) in [6.45, 7) is 2.81. The van der Waals surface area contributed by atoms with E-state index in [-0.39, 0.29) is 45.4 Å². The van der Waals surface area contributed by atoms with E-state index >= 15 is 0 Å². The maximum atomic E-state index is 14.5. The van der Waals surface area contributed by atoms with Gasteiger partial charge in [-0.05, 0) is 49.2 Å². The summed E-state index contributed by atoms with van der Waals surface area (Å²) in [4.78, 5) is 29.3. The second-order valence-corrected chi connectivity index (χ2v) is 7.96. The number of amides is 1. The molecule has 0 unspecified atom stereocenters. The lowest BCUT2D eigenvalue weighted by atomic mass is 9.96. The maximum Gasteiger partial charge on any atom is 0.333 e. The van der Waals surface area contributed by atoms with Crippen LogP contribution in [0.3, 0.4) is 0 Å². The predicted octanol–water partition coefficient (Wildman–Crippen LogP) is 4.23. The molecular weight excluding hydrogens is 502 g/mol. The van der Waals surface area contributed by atoms with Crippen molar-refractivity contribution in [3.05, 3.63) is 82.9 Å². The highest BCUT2D eigenvalue weighted by molar-refractivity contribution is 5.98. The number of pyridine rings is 1. The number of nitrogens with one attached hydrogen (secondary N) is 1. The second-order valence-electron chi connectivity index (χ2n) is 7.96. The Morgan fingerprint density at radius 2 is 1.42 bits per heavy atom. The van der Waals surface area contributed by atoms with Gasteiger partial charge >= 0.3 is 5.97 Å². The summed E-state index contributed by atoms with van der Waals surface area (Å²) in [6, 6.07) is 8.33. The van der Waals surface area contributed by atoms with Crippen LogP contribution >= 0.6 is 0 Å². The number of nitrogens with zero attached hydrogens (tertiary/aromatic N) is 1. The van der Waals surface area contributed by atoms with Gasteiger partial charge in [-0.15, -0.1) is 0 Å². The minimum atomic E-state index is -1.19. The highest BCUT2D eigenvalue weighted by Crippen LogP contribution is 2.33. The molecule has 3 rings (SSSR count). The van der Waals surface area contributed by atoms with E-state index in [0.717, 1.165) is 12.1 Å². The van der Waals surface area contributed by atoms with E-state index in [1.807, 2.05) is 0 Å². The lowest BCUT2D eigenvalue weighted by molar-refractivity contribution is -0.141. The molecule has 200 valence electrons. The fourth-order valence-corrected chi connectivity index (χ4v) is 3.60. The van der Waals surface area contributed by atoms with Crippen molar-refractivity contribution in [1.82, 2.24) is 10.3 Å². The van der Waals surface area contributed by atoms with Crippen LogP contribution in [0.25, 0.3) is 5.57 Å². The zero-order valence-corrected chi connectivity index (χ0v) is 21.3. The van der Waals surface area contributed by atoms with Gasteiger partial charge in [0, 0.05) is 17.8 Å². The van der Waals surface area contributed by atoms with E-state index in [4.69, 9.17) is 18.9 Å². The number of aromatic nitrogens is 1. The van der Waals surface area contributed by atoms with Crippen molar-refractivity contribution in [2.75, 3.05) is 21.3 Å². The molecule has 3 aromatic rings. The van der Waals surface area contributed by atoms with Gasteiger partial charge in [0.15, 0.2) is 40.3 Å². The molecule has 2 aromatic carbocycles. The molecule has 0 saturated carbocycles. The Balaban J connectivity index is 1.94. The van der Waals surface area contributed by atoms with Gasteiger partial charge in [-0.2, -0.15) is 0 Å². The molecule has 9 nitrogen and oxygen atoms in total. The molecule has 0 fully saturated rings. The Kier molecular flexibility index (Phi) is 8.85. The number of aromatic hydroxyl groups is 1. The summed E-state index contributed by atoms with van der Waals surface area (Å²) < 4.78 is 49.5. The molecule has 0 radical (unpaired) electrons. The Labute approximate surface area is 217 Å². The standard InChI is InChI=1S/C27H26F2N2O7/c1-14(31-26(33)24-25(32)22(37-5)10-11-30-24)27(34)38-15(2)23(16-6-8-20(35-3)18(28)12-16)17-7-9-21(36-4)19(29)13-17/h6-14,32H,1-5H3,(H,31,33)/t14-/m0/s1. The van der Waals surface area contributed by atoms with Crippen LogP contribution in [0.15, 0.2) is 54.4 Å². The summed E-state index contributed by atoms with van der Waals surface area (Å²) >= 11 is 0. The summed E-state index contributed by atoms with van der Waals surface area (Å²) in [6.07, 6.45) is 1.26. The molecule has 0 spiro atoms. The average Bonchev–Trinajstić information content (AvgIpc) is 2.89. The number of carbonyl (C=O) groups is 2. The lowest BCUT2D eigenvalue weighted by Crippen LogP contribution is -2.39. The zero-order valence-electron chi connectivity index (χ0n) is 21.3. The van der Waals surface area contributed by atoms with Gasteiger partial charge in [0.25, 0.3) is 5.91 Å². The number of hydrogen-bond donors (Lipinski definition) is 2. The van der Waals surface area contributed by atoms with Gasteiger partial charge in [0.1, 0.15) is 11.8 Å². The normalized spacial score (nSPS) is 11.2. The molecule has 38 heavy (non-hydrogen) atoms. The van der Waals surface area contributed by atoms with Crippen LogP contribution in [0.2, 0.25) is 0 Å². The number of hydrogen-bond acceptors (Lipinski definition) is 8. The number of methoxy groups -OCH3 is 3. The van der Waals surface area contributed by atoms with Gasteiger partial charge < -0.3 is 29.4 Å². The summed E-state index contributed by atoms with van der Waals surface area (Å²) in [7, 11) is 3.95. The van der Waals surface area contributed by atoms with Gasteiger partial charge in [-0.25, -0.2) is 18.6 Å². The maximum absolute atomic E-state index is 14.5. The number of ether oxygens (including phenoxy) is 4. The molecule has 11 heteroatoms. The molecule has 0 aliphatic heterocycles. The molecule has 1 aromatic heterocycles. The smallest absolute Gasteiger partial charge is 0.333 e. The fourth-order valence-electron chi connectivity index (χ4n) is 3.60. The minimum Gasteiger partial charge on any atom is -0.503 e. The number of allylic oxidation sites excluding steroid dienone is 1. The Hall–Kier alpha value is -4.67. The third-order valence-electron chi connectivity index (χ3n) is 5.51. The topological polar surface area (TPSA) is 116 Å². The van der Waals surface area contributed by atoms with Crippen molar-refractivity contribution in [3.8, 4) is 23.0 Å². The van der Waals surface area contributed by atoms with Gasteiger partial charge in [0.05, 0.1) is 21.3 Å². The number of benzene rings is 2. The van der Waals surface area contributed by atoms with Crippen molar-refractivity contribution >= 4 is 17.4 Å². The minimum absolute atomic E-state index is 0.00519. The van der Waals surface area contributed by atoms with Crippen LogP contribution in [0.1, 0.15) is 35.5 Å². The predicted molar refractivity (Wildman–Crippen MR) is 133 cm³/mol. The second kappa shape index (κ2) is 12.0. The average molecular weight is 529 g/mol. The fraction of sp³-hybridized carbons (Fsp3) is 0.222. The van der Waals surface area contributed by atoms with Gasteiger partial charge in [-0.3, -0.25) is 4.79 Å². The number of halogens is 2. The number of esters is 1. The highest BCUT2D eigenvalue weighted by atomic mass is 19.1. The van der Waals surface area contributed by atoms with Crippen molar-refractivity contribution in [1.29, 1.82) is 0 Å². The molecule has 0 aliphatic carbocycles. The van der Waals surface area contributed by atoms with Crippen LogP contribution in [-0.4, -0.2) is 49.3 Å². The van der Waals surface area contributed by atoms with Gasteiger partial charge in [0.2, 0.25) is 0 Å². The lowest BCUT2D eigenvalue weighted by Gasteiger charge is -2.18.